The number of hydrogen-bond donors (Lipinski definition) is 1. The van der Waals surface area contributed by atoms with Crippen LogP contribution in [0.3, 0.4) is 0 Å². The van der Waals surface area contributed by atoms with E-state index >= 15 is 0 Å². The molecule has 0 bridgehead atoms. The van der Waals surface area contributed by atoms with E-state index in [4.69, 9.17) is 0 Å². The second-order valence-electron chi connectivity index (χ2n) is 4.57. The van der Waals surface area contributed by atoms with E-state index in [0.717, 1.165) is 21.8 Å². The Balaban J connectivity index is 1.87. The summed E-state index contributed by atoms with van der Waals surface area (Å²) in [5.74, 6) is 0.431. The number of carbonyl (C=O) groups is 1. The van der Waals surface area contributed by atoms with Crippen molar-refractivity contribution in [1.82, 2.24) is 9.97 Å². The molecule has 1 amide bonds. The van der Waals surface area contributed by atoms with Gasteiger partial charge in [0, 0.05) is 17.1 Å². The van der Waals surface area contributed by atoms with E-state index in [2.05, 4.69) is 15.3 Å². The number of nitrogens with one attached hydrogen (secondary N) is 1. The summed E-state index contributed by atoms with van der Waals surface area (Å²) >= 11 is 3.02. The van der Waals surface area contributed by atoms with Gasteiger partial charge in [-0.05, 0) is 36.9 Å². The molecule has 0 aliphatic heterocycles. The zero-order chi connectivity index (χ0) is 14.8. The van der Waals surface area contributed by atoms with Gasteiger partial charge in [0.25, 0.3) is 5.91 Å². The van der Waals surface area contributed by atoms with Gasteiger partial charge >= 0.3 is 0 Å². The third-order valence-corrected chi connectivity index (χ3v) is 4.90. The largest absolute Gasteiger partial charge is 0.306 e. The number of nitrogens with zero attached hydrogens (tertiary/aromatic N) is 2. The zero-order valence-electron chi connectivity index (χ0n) is 11.6. The molecule has 0 aliphatic carbocycles. The average molecular weight is 315 g/mol. The van der Waals surface area contributed by atoms with Gasteiger partial charge in [0.15, 0.2) is 0 Å². The predicted octanol–water partition coefficient (Wildman–Crippen LogP) is 4.14. The maximum absolute atomic E-state index is 12.4. The maximum atomic E-state index is 12.4. The number of carbonyl (C=O) groups excluding carboxylic acids is 1. The maximum Gasteiger partial charge on any atom is 0.268 e. The van der Waals surface area contributed by atoms with Crippen molar-refractivity contribution in [2.45, 2.75) is 13.8 Å². The molecule has 106 valence electrons. The van der Waals surface area contributed by atoms with E-state index in [1.54, 1.807) is 17.5 Å². The molecule has 3 heterocycles. The highest BCUT2D eigenvalue weighted by Gasteiger charge is 2.17. The molecule has 0 radical (unpaired) electrons. The molecule has 21 heavy (non-hydrogen) atoms. The van der Waals surface area contributed by atoms with Crippen molar-refractivity contribution in [1.29, 1.82) is 0 Å². The van der Waals surface area contributed by atoms with Gasteiger partial charge in [0.05, 0.1) is 5.69 Å². The van der Waals surface area contributed by atoms with Gasteiger partial charge in [-0.15, -0.1) is 11.3 Å². The number of aryl methyl sites for hydroxylation is 2. The molecule has 3 aromatic rings. The second kappa shape index (κ2) is 5.75. The fraction of sp³-hybridized carbons (Fsp3) is 0.133. The number of aromatic nitrogens is 2. The average Bonchev–Trinajstić information content (AvgIpc) is 3.10. The first-order valence-corrected chi connectivity index (χ1v) is 8.14. The Morgan fingerprint density at radius 2 is 2.14 bits per heavy atom. The number of rotatable bonds is 3. The lowest BCUT2D eigenvalue weighted by atomic mass is 10.3. The lowest BCUT2D eigenvalue weighted by molar-refractivity contribution is 0.102. The smallest absolute Gasteiger partial charge is 0.268 e. The quantitative estimate of drug-likeness (QED) is 0.790. The van der Waals surface area contributed by atoms with E-state index in [1.807, 2.05) is 42.8 Å². The SMILES string of the molecule is Cc1cccnc1NC(=O)c1sc(-c2ccsc2)nc1C. The van der Waals surface area contributed by atoms with Crippen LogP contribution in [0.5, 0.6) is 0 Å². The fourth-order valence-corrected chi connectivity index (χ4v) is 3.57. The molecule has 0 unspecified atom stereocenters. The normalized spacial score (nSPS) is 10.6. The van der Waals surface area contributed by atoms with Crippen LogP contribution >= 0.6 is 22.7 Å². The van der Waals surface area contributed by atoms with Gasteiger partial charge in [-0.25, -0.2) is 9.97 Å². The first-order chi connectivity index (χ1) is 10.1. The number of anilines is 1. The summed E-state index contributed by atoms with van der Waals surface area (Å²) in [6.45, 7) is 3.77. The van der Waals surface area contributed by atoms with Crippen molar-refractivity contribution in [3.05, 3.63) is 51.3 Å². The van der Waals surface area contributed by atoms with E-state index < -0.39 is 0 Å². The van der Waals surface area contributed by atoms with Crippen LogP contribution in [0.25, 0.3) is 10.6 Å². The molecule has 0 aliphatic rings. The van der Waals surface area contributed by atoms with Crippen molar-refractivity contribution < 1.29 is 4.79 Å². The molecule has 0 saturated heterocycles. The molecular weight excluding hydrogens is 302 g/mol. The Kier molecular flexibility index (Phi) is 3.81. The molecule has 3 aromatic heterocycles. The third kappa shape index (κ3) is 2.86. The van der Waals surface area contributed by atoms with Gasteiger partial charge in [-0.2, -0.15) is 11.3 Å². The minimum atomic E-state index is -0.159. The standard InChI is InChI=1S/C15H13N3OS2/c1-9-4-3-6-16-13(9)18-14(19)12-10(2)17-15(21-12)11-5-7-20-8-11/h3-8H,1-2H3,(H,16,18,19). The van der Waals surface area contributed by atoms with Crippen molar-refractivity contribution >= 4 is 34.4 Å². The topological polar surface area (TPSA) is 54.9 Å². The van der Waals surface area contributed by atoms with Crippen LogP contribution in [0.15, 0.2) is 35.2 Å². The Labute approximate surface area is 130 Å². The predicted molar refractivity (Wildman–Crippen MR) is 87.1 cm³/mol. The minimum Gasteiger partial charge on any atom is -0.306 e. The van der Waals surface area contributed by atoms with Crippen molar-refractivity contribution in [2.75, 3.05) is 5.32 Å². The molecule has 3 rings (SSSR count). The minimum absolute atomic E-state index is 0.159. The van der Waals surface area contributed by atoms with Gasteiger partial charge in [-0.3, -0.25) is 4.79 Å². The van der Waals surface area contributed by atoms with Crippen molar-refractivity contribution in [2.24, 2.45) is 0 Å². The highest BCUT2D eigenvalue weighted by molar-refractivity contribution is 7.17. The molecule has 6 heteroatoms. The lowest BCUT2D eigenvalue weighted by Gasteiger charge is -2.05. The number of thiazole rings is 1. The summed E-state index contributed by atoms with van der Waals surface area (Å²) in [7, 11) is 0. The van der Waals surface area contributed by atoms with Crippen LogP contribution < -0.4 is 5.32 Å². The number of amides is 1. The van der Waals surface area contributed by atoms with Gasteiger partial charge < -0.3 is 5.32 Å². The highest BCUT2D eigenvalue weighted by Crippen LogP contribution is 2.29. The van der Waals surface area contributed by atoms with E-state index in [1.165, 1.54) is 11.3 Å². The van der Waals surface area contributed by atoms with Crippen LogP contribution in [0.1, 0.15) is 20.9 Å². The molecule has 0 fully saturated rings. The van der Waals surface area contributed by atoms with Crippen LogP contribution in [0.2, 0.25) is 0 Å². The van der Waals surface area contributed by atoms with Crippen LogP contribution in [0, 0.1) is 13.8 Å². The highest BCUT2D eigenvalue weighted by atomic mass is 32.1. The van der Waals surface area contributed by atoms with Crippen molar-refractivity contribution in [3.8, 4) is 10.6 Å². The molecule has 0 saturated carbocycles. The Morgan fingerprint density at radius 3 is 2.86 bits per heavy atom. The summed E-state index contributed by atoms with van der Waals surface area (Å²) in [4.78, 5) is 21.7. The van der Waals surface area contributed by atoms with Crippen molar-refractivity contribution in [3.63, 3.8) is 0 Å². The third-order valence-electron chi connectivity index (χ3n) is 3.01. The number of thiophene rings is 1. The van der Waals surface area contributed by atoms with Crippen LogP contribution in [-0.2, 0) is 0 Å². The van der Waals surface area contributed by atoms with Gasteiger partial charge in [-0.1, -0.05) is 6.07 Å². The summed E-state index contributed by atoms with van der Waals surface area (Å²) in [6, 6.07) is 5.77. The summed E-state index contributed by atoms with van der Waals surface area (Å²) < 4.78 is 0. The Morgan fingerprint density at radius 1 is 1.29 bits per heavy atom. The fourth-order valence-electron chi connectivity index (χ4n) is 1.90. The molecule has 0 atom stereocenters. The zero-order valence-corrected chi connectivity index (χ0v) is 13.2. The van der Waals surface area contributed by atoms with Gasteiger partial charge in [0.2, 0.25) is 0 Å². The molecular formula is C15H13N3OS2. The van der Waals surface area contributed by atoms with E-state index in [-0.39, 0.29) is 5.91 Å². The Hall–Kier alpha value is -2.05. The summed E-state index contributed by atoms with van der Waals surface area (Å²) in [5, 5.41) is 7.75. The first kappa shape index (κ1) is 13.9. The van der Waals surface area contributed by atoms with Gasteiger partial charge in [0.1, 0.15) is 15.7 Å². The molecule has 0 spiro atoms. The van der Waals surface area contributed by atoms with Crippen LogP contribution in [0.4, 0.5) is 5.82 Å². The van der Waals surface area contributed by atoms with E-state index in [9.17, 15) is 4.79 Å². The summed E-state index contributed by atoms with van der Waals surface area (Å²) in [6.07, 6.45) is 1.67. The Bertz CT molecular complexity index is 778. The number of pyridine rings is 1. The van der Waals surface area contributed by atoms with E-state index in [0.29, 0.717) is 10.7 Å². The molecule has 4 nitrogen and oxygen atoms in total. The monoisotopic (exact) mass is 315 g/mol. The molecule has 0 aromatic carbocycles. The second-order valence-corrected chi connectivity index (χ2v) is 6.35. The first-order valence-electron chi connectivity index (χ1n) is 6.38. The molecule has 1 N–H and O–H groups in total. The number of hydrogen-bond acceptors (Lipinski definition) is 5. The lowest BCUT2D eigenvalue weighted by Crippen LogP contribution is -2.13. The van der Waals surface area contributed by atoms with Crippen LogP contribution in [-0.4, -0.2) is 15.9 Å². The summed E-state index contributed by atoms with van der Waals surface area (Å²) in [5.41, 5.74) is 2.74.